The molecule has 3 fully saturated rings. The minimum absolute atomic E-state index is 0.0145. The van der Waals surface area contributed by atoms with E-state index in [2.05, 4.69) is 32.9 Å². The highest BCUT2D eigenvalue weighted by Crippen LogP contribution is 2.38. The maximum Gasteiger partial charge on any atom is 0.256 e. The zero-order valence-corrected chi connectivity index (χ0v) is 22.4. The van der Waals surface area contributed by atoms with E-state index in [0.717, 1.165) is 42.0 Å². The number of fused-ring (bicyclic) bond motifs is 3. The van der Waals surface area contributed by atoms with Crippen molar-refractivity contribution in [2.75, 3.05) is 26.7 Å². The van der Waals surface area contributed by atoms with Crippen molar-refractivity contribution in [1.29, 1.82) is 0 Å². The molecule has 0 spiro atoms. The van der Waals surface area contributed by atoms with Gasteiger partial charge in [-0.05, 0) is 101 Å². The number of likely N-dealkylation sites (tertiary alicyclic amines) is 1. The first-order valence-electron chi connectivity index (χ1n) is 13.8. The highest BCUT2D eigenvalue weighted by atomic mass is 19.1. The highest BCUT2D eigenvalue weighted by Gasteiger charge is 2.43. The number of amides is 1. The number of halogens is 1. The molecule has 0 radical (unpaired) electrons. The number of aryl methyl sites for hydroxylation is 1. The molecule has 6 nitrogen and oxygen atoms in total. The van der Waals surface area contributed by atoms with Gasteiger partial charge in [-0.15, -0.1) is 0 Å². The van der Waals surface area contributed by atoms with Crippen molar-refractivity contribution in [2.45, 2.75) is 64.6 Å². The Morgan fingerprint density at radius 2 is 2.11 bits per heavy atom. The van der Waals surface area contributed by atoms with E-state index in [1.807, 2.05) is 26.2 Å². The molecule has 2 aliphatic heterocycles. The molecule has 2 aromatic heterocycles. The molecule has 1 N–H and O–H groups in total. The van der Waals surface area contributed by atoms with E-state index in [1.165, 1.54) is 55.4 Å². The first kappa shape index (κ1) is 24.6. The molecular formula is C30H38FN5O. The van der Waals surface area contributed by atoms with Crippen LogP contribution in [0.25, 0.3) is 16.6 Å². The number of nitrogens with one attached hydrogen (secondary N) is 1. The van der Waals surface area contributed by atoms with Crippen LogP contribution in [0.15, 0.2) is 36.8 Å². The molecule has 7 heteroatoms. The predicted molar refractivity (Wildman–Crippen MR) is 145 cm³/mol. The number of hydrogen-bond donors (Lipinski definition) is 1. The van der Waals surface area contributed by atoms with Crippen molar-refractivity contribution >= 4 is 16.8 Å². The standard InChI is InChI=1S/C30H38FN5O/c1-18(2)34(4)30(37)25-11-23(31)5-6-26(25)36-17-22(29-19(3)13-32-15-28(29)36)9-20-7-8-35(16-20)27-12-24-10-21(27)14-33-24/h5-6,11,13,15,17-18,20-21,24,27,33H,7-10,12,14,16H2,1-4H3/t20-,21?,24?,27?/m0/s1. The molecule has 37 heavy (non-hydrogen) atoms. The zero-order valence-electron chi connectivity index (χ0n) is 22.4. The molecule has 196 valence electrons. The van der Waals surface area contributed by atoms with Crippen LogP contribution in [-0.2, 0) is 6.42 Å². The molecule has 2 saturated heterocycles. The lowest BCUT2D eigenvalue weighted by molar-refractivity contribution is 0.0754. The normalized spacial score (nSPS) is 25.6. The van der Waals surface area contributed by atoms with E-state index in [9.17, 15) is 9.18 Å². The summed E-state index contributed by atoms with van der Waals surface area (Å²) in [6, 6.07) is 6.02. The molecule has 1 aliphatic carbocycles. The van der Waals surface area contributed by atoms with E-state index in [1.54, 1.807) is 18.0 Å². The number of nitrogens with zero attached hydrogens (tertiary/aromatic N) is 4. The van der Waals surface area contributed by atoms with Crippen molar-refractivity contribution in [3.63, 3.8) is 0 Å². The number of carbonyl (C=O) groups excluding carboxylic acids is 1. The van der Waals surface area contributed by atoms with Gasteiger partial charge in [-0.3, -0.25) is 14.7 Å². The SMILES string of the molecule is Cc1cncc2c1c(C[C@@H]1CCN(C3CC4CC3CN4)C1)cn2-c1ccc(F)cc1C(=O)N(C)C(C)C. The molecular weight excluding hydrogens is 465 g/mol. The number of benzene rings is 1. The average Bonchev–Trinajstić information content (AvgIpc) is 3.68. The second-order valence-corrected chi connectivity index (χ2v) is 11.8. The maximum atomic E-state index is 14.4. The summed E-state index contributed by atoms with van der Waals surface area (Å²) in [5, 5.41) is 4.85. The van der Waals surface area contributed by atoms with Crippen LogP contribution < -0.4 is 5.32 Å². The van der Waals surface area contributed by atoms with Crippen LogP contribution in [0.1, 0.15) is 54.6 Å². The van der Waals surface area contributed by atoms with Gasteiger partial charge in [-0.2, -0.15) is 0 Å². The molecule has 3 aliphatic rings. The Morgan fingerprint density at radius 1 is 1.27 bits per heavy atom. The highest BCUT2D eigenvalue weighted by molar-refractivity contribution is 5.99. The summed E-state index contributed by atoms with van der Waals surface area (Å²) in [5.41, 5.74) is 4.46. The lowest BCUT2D eigenvalue weighted by Gasteiger charge is -2.31. The minimum atomic E-state index is -0.405. The fourth-order valence-electron chi connectivity index (χ4n) is 7.00. The van der Waals surface area contributed by atoms with Crippen molar-refractivity contribution in [1.82, 2.24) is 24.7 Å². The van der Waals surface area contributed by atoms with Crippen LogP contribution in [0.2, 0.25) is 0 Å². The predicted octanol–water partition coefficient (Wildman–Crippen LogP) is 4.57. The second kappa shape index (κ2) is 9.52. The summed E-state index contributed by atoms with van der Waals surface area (Å²) in [6.07, 6.45) is 10.8. The van der Waals surface area contributed by atoms with Crippen LogP contribution in [0.3, 0.4) is 0 Å². The lowest BCUT2D eigenvalue weighted by atomic mass is 9.97. The van der Waals surface area contributed by atoms with Gasteiger partial charge in [0.1, 0.15) is 5.82 Å². The van der Waals surface area contributed by atoms with Crippen LogP contribution in [0.4, 0.5) is 4.39 Å². The molecule has 1 amide bonds. The summed E-state index contributed by atoms with van der Waals surface area (Å²) >= 11 is 0. The Hall–Kier alpha value is -2.77. The topological polar surface area (TPSA) is 53.4 Å². The molecule has 4 atom stereocenters. The molecule has 3 unspecified atom stereocenters. The van der Waals surface area contributed by atoms with Crippen LogP contribution >= 0.6 is 0 Å². The fraction of sp³-hybridized carbons (Fsp3) is 0.533. The van der Waals surface area contributed by atoms with E-state index in [0.29, 0.717) is 17.2 Å². The molecule has 1 aromatic carbocycles. The van der Waals surface area contributed by atoms with Gasteiger partial charge in [0.25, 0.3) is 5.91 Å². The number of rotatable bonds is 6. The quantitative estimate of drug-likeness (QED) is 0.536. The Morgan fingerprint density at radius 3 is 2.84 bits per heavy atom. The number of hydrogen-bond acceptors (Lipinski definition) is 4. The second-order valence-electron chi connectivity index (χ2n) is 11.8. The van der Waals surface area contributed by atoms with Gasteiger partial charge < -0.3 is 14.8 Å². The summed E-state index contributed by atoms with van der Waals surface area (Å²) in [4.78, 5) is 22.3. The summed E-state index contributed by atoms with van der Waals surface area (Å²) < 4.78 is 16.4. The first-order chi connectivity index (χ1) is 17.8. The molecule has 2 bridgehead atoms. The van der Waals surface area contributed by atoms with Gasteiger partial charge in [-0.1, -0.05) is 0 Å². The Bertz CT molecular complexity index is 1330. The van der Waals surface area contributed by atoms with Gasteiger partial charge >= 0.3 is 0 Å². The van der Waals surface area contributed by atoms with Crippen LogP contribution in [0.5, 0.6) is 0 Å². The maximum absolute atomic E-state index is 14.4. The van der Waals surface area contributed by atoms with Crippen LogP contribution in [0, 0.1) is 24.6 Å². The number of piperidine rings is 1. The van der Waals surface area contributed by atoms with E-state index >= 15 is 0 Å². The molecule has 4 heterocycles. The Kier molecular flexibility index (Phi) is 6.32. The van der Waals surface area contributed by atoms with Crippen molar-refractivity contribution in [3.05, 3.63) is 59.3 Å². The monoisotopic (exact) mass is 503 g/mol. The zero-order chi connectivity index (χ0) is 25.8. The Balaban J connectivity index is 1.33. The average molecular weight is 504 g/mol. The van der Waals surface area contributed by atoms with Gasteiger partial charge in [0.2, 0.25) is 0 Å². The molecule has 6 rings (SSSR count). The molecule has 1 saturated carbocycles. The van der Waals surface area contributed by atoms with Gasteiger partial charge in [0.05, 0.1) is 23.0 Å². The van der Waals surface area contributed by atoms with E-state index in [4.69, 9.17) is 0 Å². The fourth-order valence-corrected chi connectivity index (χ4v) is 7.00. The first-order valence-corrected chi connectivity index (χ1v) is 13.8. The minimum Gasteiger partial charge on any atom is -0.339 e. The molecule has 3 aromatic rings. The van der Waals surface area contributed by atoms with Gasteiger partial charge in [0.15, 0.2) is 0 Å². The third-order valence-electron chi connectivity index (χ3n) is 9.15. The third kappa shape index (κ3) is 4.36. The third-order valence-corrected chi connectivity index (χ3v) is 9.15. The van der Waals surface area contributed by atoms with E-state index < -0.39 is 5.82 Å². The van der Waals surface area contributed by atoms with Crippen molar-refractivity contribution in [2.24, 2.45) is 11.8 Å². The summed E-state index contributed by atoms with van der Waals surface area (Å²) in [7, 11) is 1.77. The van der Waals surface area contributed by atoms with Crippen molar-refractivity contribution < 1.29 is 9.18 Å². The van der Waals surface area contributed by atoms with Gasteiger partial charge in [0, 0.05) is 49.5 Å². The van der Waals surface area contributed by atoms with Gasteiger partial charge in [-0.25, -0.2) is 4.39 Å². The smallest absolute Gasteiger partial charge is 0.256 e. The van der Waals surface area contributed by atoms with Crippen molar-refractivity contribution in [3.8, 4) is 5.69 Å². The van der Waals surface area contributed by atoms with Crippen LogP contribution in [-0.4, -0.2) is 70.1 Å². The lowest BCUT2D eigenvalue weighted by Crippen LogP contribution is -2.43. The Labute approximate surface area is 218 Å². The van der Waals surface area contributed by atoms with E-state index in [-0.39, 0.29) is 11.9 Å². The summed E-state index contributed by atoms with van der Waals surface area (Å²) in [5.74, 6) is 0.842. The number of pyridine rings is 1. The largest absolute Gasteiger partial charge is 0.339 e. The number of aromatic nitrogens is 2. The summed E-state index contributed by atoms with van der Waals surface area (Å²) in [6.45, 7) is 9.56. The number of carbonyl (C=O) groups is 1.